The topological polar surface area (TPSA) is 62.1 Å². The zero-order valence-electron chi connectivity index (χ0n) is 16.2. The number of anilines is 1. The SMILES string of the molecule is Cc1ccc(Cl)cc1NC(=O)/C(C#N)=C/c1ccc(OCc2ccc(Br)cc2)cc1. The fraction of sp³-hybridized carbons (Fsp3) is 0.0833. The summed E-state index contributed by atoms with van der Waals surface area (Å²) in [5, 5.41) is 12.7. The van der Waals surface area contributed by atoms with Crippen LogP contribution in [0.15, 0.2) is 76.8 Å². The minimum atomic E-state index is -0.488. The van der Waals surface area contributed by atoms with Crippen LogP contribution < -0.4 is 10.1 Å². The Hall–Kier alpha value is -3.07. The molecular weight excluding hydrogens is 464 g/mol. The number of carbonyl (C=O) groups is 1. The number of nitrogens with one attached hydrogen (secondary N) is 1. The molecule has 0 aliphatic rings. The molecule has 3 rings (SSSR count). The van der Waals surface area contributed by atoms with Crippen LogP contribution in [-0.4, -0.2) is 5.91 Å². The van der Waals surface area contributed by atoms with Crippen LogP contribution >= 0.6 is 27.5 Å². The molecule has 1 amide bonds. The first kappa shape index (κ1) is 21.6. The van der Waals surface area contributed by atoms with Crippen molar-refractivity contribution in [3.8, 4) is 11.8 Å². The van der Waals surface area contributed by atoms with Crippen molar-refractivity contribution in [3.05, 3.63) is 98.5 Å². The second kappa shape index (κ2) is 10.1. The van der Waals surface area contributed by atoms with Crippen LogP contribution in [0.1, 0.15) is 16.7 Å². The Kier molecular flexibility index (Phi) is 7.29. The smallest absolute Gasteiger partial charge is 0.266 e. The van der Waals surface area contributed by atoms with Crippen molar-refractivity contribution in [2.75, 3.05) is 5.32 Å². The minimum absolute atomic E-state index is 0.00194. The maximum absolute atomic E-state index is 12.5. The van der Waals surface area contributed by atoms with Gasteiger partial charge in [-0.15, -0.1) is 0 Å². The zero-order chi connectivity index (χ0) is 21.5. The number of amides is 1. The van der Waals surface area contributed by atoms with Gasteiger partial charge in [0.05, 0.1) is 0 Å². The van der Waals surface area contributed by atoms with Gasteiger partial charge in [-0.1, -0.05) is 57.9 Å². The molecule has 0 heterocycles. The van der Waals surface area contributed by atoms with Gasteiger partial charge >= 0.3 is 0 Å². The Morgan fingerprint density at radius 1 is 1.13 bits per heavy atom. The molecule has 1 N–H and O–H groups in total. The summed E-state index contributed by atoms with van der Waals surface area (Å²) in [6.45, 7) is 2.31. The highest BCUT2D eigenvalue weighted by Gasteiger charge is 2.11. The van der Waals surface area contributed by atoms with Gasteiger partial charge < -0.3 is 10.1 Å². The van der Waals surface area contributed by atoms with E-state index in [1.54, 1.807) is 42.5 Å². The monoisotopic (exact) mass is 480 g/mol. The van der Waals surface area contributed by atoms with Gasteiger partial charge in [-0.05, 0) is 66.1 Å². The van der Waals surface area contributed by atoms with E-state index in [0.717, 1.165) is 21.2 Å². The van der Waals surface area contributed by atoms with E-state index in [2.05, 4.69) is 21.2 Å². The van der Waals surface area contributed by atoms with E-state index in [4.69, 9.17) is 16.3 Å². The Morgan fingerprint density at radius 3 is 2.50 bits per heavy atom. The molecule has 0 unspecified atom stereocenters. The minimum Gasteiger partial charge on any atom is -0.489 e. The predicted molar refractivity (Wildman–Crippen MR) is 123 cm³/mol. The van der Waals surface area contributed by atoms with Gasteiger partial charge in [0.2, 0.25) is 0 Å². The molecule has 150 valence electrons. The Labute approximate surface area is 188 Å². The molecule has 6 heteroatoms. The van der Waals surface area contributed by atoms with Crippen LogP contribution in [0.25, 0.3) is 6.08 Å². The second-order valence-electron chi connectivity index (χ2n) is 6.57. The van der Waals surface area contributed by atoms with E-state index in [0.29, 0.717) is 23.1 Å². The van der Waals surface area contributed by atoms with Crippen LogP contribution in [0.4, 0.5) is 5.69 Å². The molecule has 3 aromatic rings. The molecule has 0 aromatic heterocycles. The van der Waals surface area contributed by atoms with Gasteiger partial charge in [-0.3, -0.25) is 4.79 Å². The van der Waals surface area contributed by atoms with Crippen molar-refractivity contribution in [2.24, 2.45) is 0 Å². The van der Waals surface area contributed by atoms with Crippen LogP contribution in [0.2, 0.25) is 5.02 Å². The fourth-order valence-electron chi connectivity index (χ4n) is 2.64. The largest absolute Gasteiger partial charge is 0.489 e. The lowest BCUT2D eigenvalue weighted by Gasteiger charge is -2.09. The normalized spacial score (nSPS) is 10.9. The number of carbonyl (C=O) groups excluding carboxylic acids is 1. The van der Waals surface area contributed by atoms with E-state index < -0.39 is 5.91 Å². The summed E-state index contributed by atoms with van der Waals surface area (Å²) in [5.41, 5.74) is 3.21. The molecule has 30 heavy (non-hydrogen) atoms. The predicted octanol–water partition coefficient (Wildman–Crippen LogP) is 6.54. The van der Waals surface area contributed by atoms with E-state index in [-0.39, 0.29) is 5.57 Å². The number of rotatable bonds is 6. The first-order valence-corrected chi connectivity index (χ1v) is 10.3. The summed E-state index contributed by atoms with van der Waals surface area (Å²) in [7, 11) is 0. The lowest BCUT2D eigenvalue weighted by Crippen LogP contribution is -2.14. The fourth-order valence-corrected chi connectivity index (χ4v) is 3.08. The molecule has 0 spiro atoms. The van der Waals surface area contributed by atoms with E-state index in [1.807, 2.05) is 37.3 Å². The Balaban J connectivity index is 1.66. The number of ether oxygens (including phenoxy) is 1. The number of hydrogen-bond donors (Lipinski definition) is 1. The molecule has 3 aromatic carbocycles. The maximum atomic E-state index is 12.5. The third kappa shape index (κ3) is 5.96. The lowest BCUT2D eigenvalue weighted by atomic mass is 10.1. The van der Waals surface area contributed by atoms with Gasteiger partial charge in [0.15, 0.2) is 0 Å². The molecule has 0 aliphatic carbocycles. The second-order valence-corrected chi connectivity index (χ2v) is 7.92. The standard InChI is InChI=1S/C24H18BrClN2O2/c1-16-2-9-21(26)13-23(16)28-24(29)19(14-27)12-17-5-10-22(11-6-17)30-15-18-3-7-20(25)8-4-18/h2-13H,15H2,1H3,(H,28,29)/b19-12+. The van der Waals surface area contributed by atoms with Gasteiger partial charge in [-0.25, -0.2) is 0 Å². The molecule has 0 radical (unpaired) electrons. The summed E-state index contributed by atoms with van der Waals surface area (Å²) in [6, 6.07) is 22.3. The molecule has 0 saturated heterocycles. The first-order valence-electron chi connectivity index (χ1n) is 9.11. The van der Waals surface area contributed by atoms with E-state index >= 15 is 0 Å². The number of halogens is 2. The number of nitrogens with zero attached hydrogens (tertiary/aromatic N) is 1. The van der Waals surface area contributed by atoms with Gasteiger partial charge in [-0.2, -0.15) is 5.26 Å². The van der Waals surface area contributed by atoms with Gasteiger partial charge in [0.1, 0.15) is 24.0 Å². The van der Waals surface area contributed by atoms with Crippen LogP contribution in [0.3, 0.4) is 0 Å². The Morgan fingerprint density at radius 2 is 1.83 bits per heavy atom. The van der Waals surface area contributed by atoms with Crippen LogP contribution in [0, 0.1) is 18.3 Å². The van der Waals surface area contributed by atoms with Gasteiger partial charge in [0, 0.05) is 15.2 Å². The maximum Gasteiger partial charge on any atom is 0.266 e. The summed E-state index contributed by atoms with van der Waals surface area (Å²) >= 11 is 9.39. The van der Waals surface area contributed by atoms with Crippen LogP contribution in [0.5, 0.6) is 5.75 Å². The number of hydrogen-bond acceptors (Lipinski definition) is 3. The lowest BCUT2D eigenvalue weighted by molar-refractivity contribution is -0.112. The molecule has 0 atom stereocenters. The van der Waals surface area contributed by atoms with Crippen molar-refractivity contribution < 1.29 is 9.53 Å². The average molecular weight is 482 g/mol. The summed E-state index contributed by atoms with van der Waals surface area (Å²) in [6.07, 6.45) is 1.54. The first-order chi connectivity index (χ1) is 14.4. The van der Waals surface area contributed by atoms with Crippen molar-refractivity contribution in [1.82, 2.24) is 0 Å². The number of benzene rings is 3. The summed E-state index contributed by atoms with van der Waals surface area (Å²) in [4.78, 5) is 12.5. The molecule has 0 bridgehead atoms. The number of nitriles is 1. The zero-order valence-corrected chi connectivity index (χ0v) is 18.5. The summed E-state index contributed by atoms with van der Waals surface area (Å²) in [5.74, 6) is 0.214. The third-order valence-electron chi connectivity index (χ3n) is 4.32. The van der Waals surface area contributed by atoms with Crippen molar-refractivity contribution >= 4 is 45.2 Å². The quantitative estimate of drug-likeness (QED) is 0.321. The molecule has 0 fully saturated rings. The van der Waals surface area contributed by atoms with Gasteiger partial charge in [0.25, 0.3) is 5.91 Å². The highest BCUT2D eigenvalue weighted by molar-refractivity contribution is 9.10. The molecule has 4 nitrogen and oxygen atoms in total. The number of aryl methyl sites for hydroxylation is 1. The van der Waals surface area contributed by atoms with Crippen molar-refractivity contribution in [1.29, 1.82) is 5.26 Å². The van der Waals surface area contributed by atoms with E-state index in [9.17, 15) is 10.1 Å². The highest BCUT2D eigenvalue weighted by atomic mass is 79.9. The van der Waals surface area contributed by atoms with Crippen molar-refractivity contribution in [2.45, 2.75) is 13.5 Å². The molecule has 0 aliphatic heterocycles. The highest BCUT2D eigenvalue weighted by Crippen LogP contribution is 2.22. The summed E-state index contributed by atoms with van der Waals surface area (Å²) < 4.78 is 6.80. The Bertz CT molecular complexity index is 1120. The van der Waals surface area contributed by atoms with E-state index in [1.165, 1.54) is 6.08 Å². The van der Waals surface area contributed by atoms with Crippen LogP contribution in [-0.2, 0) is 11.4 Å². The third-order valence-corrected chi connectivity index (χ3v) is 5.09. The molecular formula is C24H18BrClN2O2. The molecule has 0 saturated carbocycles. The average Bonchev–Trinajstić information content (AvgIpc) is 2.75. The van der Waals surface area contributed by atoms with Crippen molar-refractivity contribution in [3.63, 3.8) is 0 Å².